The van der Waals surface area contributed by atoms with Crippen LogP contribution in [0, 0.1) is 11.7 Å². The average molecular weight is 555 g/mol. The van der Waals surface area contributed by atoms with Crippen LogP contribution >= 0.6 is 0 Å². The first-order chi connectivity index (χ1) is 19.1. The van der Waals surface area contributed by atoms with Gasteiger partial charge in [-0.15, -0.1) is 0 Å². The van der Waals surface area contributed by atoms with Gasteiger partial charge in [0.2, 0.25) is 6.79 Å². The normalized spacial score (nSPS) is 17.1. The third-order valence-corrected chi connectivity index (χ3v) is 7.70. The van der Waals surface area contributed by atoms with Crippen LogP contribution < -0.4 is 14.2 Å². The molecule has 2 atom stereocenters. The molecule has 6 nitrogen and oxygen atoms in total. The van der Waals surface area contributed by atoms with Crippen LogP contribution in [0.25, 0.3) is 10.9 Å². The molecule has 208 valence electrons. The van der Waals surface area contributed by atoms with E-state index in [4.69, 9.17) is 14.2 Å². The molecule has 0 spiro atoms. The predicted octanol–water partition coefficient (Wildman–Crippen LogP) is 6.68. The Morgan fingerprint density at radius 2 is 1.90 bits per heavy atom. The molecule has 0 radical (unpaired) electrons. The quantitative estimate of drug-likeness (QED) is 0.280. The molecule has 10 heteroatoms. The van der Waals surface area contributed by atoms with E-state index >= 15 is 0 Å². The number of halogens is 4. The Morgan fingerprint density at radius 1 is 1.10 bits per heavy atom. The SMILES string of the molecule is COc1ccc2[nH]c3c(c2c1)CCN(C(=O)c1ccc(C(F)(F)F)c(F)c1)C3C(C)Cc1ccc2c(c1)OCO2. The van der Waals surface area contributed by atoms with E-state index in [9.17, 15) is 22.4 Å². The molecule has 6 rings (SSSR count). The minimum absolute atomic E-state index is 0.127. The Hall–Kier alpha value is -4.21. The van der Waals surface area contributed by atoms with Crippen molar-refractivity contribution < 1.29 is 36.6 Å². The smallest absolute Gasteiger partial charge is 0.419 e. The maximum absolute atomic E-state index is 14.4. The van der Waals surface area contributed by atoms with Gasteiger partial charge in [-0.05, 0) is 78.4 Å². The van der Waals surface area contributed by atoms with Crippen LogP contribution in [-0.4, -0.2) is 36.2 Å². The standard InChI is InChI=1S/C30H26F4N2O4/c1-16(11-17-3-8-25-26(12-17)40-15-39-25)28-27-20(21-14-19(38-2)5-7-24(21)35-27)9-10-36(28)29(37)18-4-6-22(23(31)13-18)30(32,33)34/h3-8,12-14,16,28,35H,9-11,15H2,1-2H3. The number of rotatable bonds is 5. The lowest BCUT2D eigenvalue weighted by Gasteiger charge is -2.39. The molecule has 1 N–H and O–H groups in total. The maximum Gasteiger partial charge on any atom is 0.419 e. The number of carbonyl (C=O) groups excluding carboxylic acids is 1. The number of hydrogen-bond donors (Lipinski definition) is 1. The highest BCUT2D eigenvalue weighted by atomic mass is 19.4. The number of aromatic amines is 1. The largest absolute Gasteiger partial charge is 0.497 e. The third-order valence-electron chi connectivity index (χ3n) is 7.70. The van der Waals surface area contributed by atoms with Gasteiger partial charge in [0, 0.05) is 28.7 Å². The molecule has 0 aliphatic carbocycles. The minimum Gasteiger partial charge on any atom is -0.497 e. The summed E-state index contributed by atoms with van der Waals surface area (Å²) in [6, 6.07) is 13.3. The van der Waals surface area contributed by atoms with Crippen molar-refractivity contribution in [2.24, 2.45) is 5.92 Å². The second-order valence-electron chi connectivity index (χ2n) is 10.2. The zero-order valence-corrected chi connectivity index (χ0v) is 21.8. The molecule has 0 bridgehead atoms. The van der Waals surface area contributed by atoms with Crippen molar-refractivity contribution in [3.8, 4) is 17.2 Å². The van der Waals surface area contributed by atoms with Gasteiger partial charge in [-0.1, -0.05) is 13.0 Å². The fourth-order valence-electron chi connectivity index (χ4n) is 5.84. The second-order valence-corrected chi connectivity index (χ2v) is 10.2. The molecular formula is C30H26F4N2O4. The number of benzene rings is 3. The minimum atomic E-state index is -4.85. The summed E-state index contributed by atoms with van der Waals surface area (Å²) in [5.74, 6) is -0.103. The van der Waals surface area contributed by atoms with E-state index in [-0.39, 0.29) is 18.3 Å². The summed E-state index contributed by atoms with van der Waals surface area (Å²) in [7, 11) is 1.60. The molecule has 4 aromatic rings. The van der Waals surface area contributed by atoms with Gasteiger partial charge in [0.05, 0.1) is 18.7 Å². The van der Waals surface area contributed by atoms with Gasteiger partial charge in [0.25, 0.3) is 5.91 Å². The molecule has 3 aromatic carbocycles. The van der Waals surface area contributed by atoms with Crippen LogP contribution in [0.1, 0.15) is 45.7 Å². The first-order valence-corrected chi connectivity index (χ1v) is 12.9. The first-order valence-electron chi connectivity index (χ1n) is 12.9. The van der Waals surface area contributed by atoms with Crippen molar-refractivity contribution in [2.45, 2.75) is 32.0 Å². The average Bonchev–Trinajstić information content (AvgIpc) is 3.54. The van der Waals surface area contributed by atoms with Crippen LogP contribution in [0.4, 0.5) is 17.6 Å². The number of carbonyl (C=O) groups is 1. The van der Waals surface area contributed by atoms with Crippen LogP contribution in [0.3, 0.4) is 0 Å². The van der Waals surface area contributed by atoms with Crippen molar-refractivity contribution in [3.63, 3.8) is 0 Å². The van der Waals surface area contributed by atoms with Crippen molar-refractivity contribution in [1.29, 1.82) is 0 Å². The summed E-state index contributed by atoms with van der Waals surface area (Å²) in [6.45, 7) is 2.49. The molecule has 2 aliphatic heterocycles. The predicted molar refractivity (Wildman–Crippen MR) is 139 cm³/mol. The van der Waals surface area contributed by atoms with Crippen LogP contribution in [0.2, 0.25) is 0 Å². The van der Waals surface area contributed by atoms with Gasteiger partial charge in [-0.25, -0.2) is 4.39 Å². The molecule has 40 heavy (non-hydrogen) atoms. The Morgan fingerprint density at radius 3 is 2.65 bits per heavy atom. The Kier molecular flexibility index (Phi) is 6.35. The summed E-state index contributed by atoms with van der Waals surface area (Å²) in [5.41, 5.74) is 2.24. The van der Waals surface area contributed by atoms with Gasteiger partial charge in [0.1, 0.15) is 11.6 Å². The number of nitrogens with one attached hydrogen (secondary N) is 1. The van der Waals surface area contributed by atoms with Gasteiger partial charge in [-0.2, -0.15) is 13.2 Å². The van der Waals surface area contributed by atoms with E-state index in [1.807, 2.05) is 43.3 Å². The van der Waals surface area contributed by atoms with Crippen molar-refractivity contribution >= 4 is 16.8 Å². The van der Waals surface area contributed by atoms with Gasteiger partial charge in [-0.3, -0.25) is 4.79 Å². The number of methoxy groups -OCH3 is 1. The molecule has 0 saturated heterocycles. The Balaban J connectivity index is 1.39. The lowest BCUT2D eigenvalue weighted by molar-refractivity contribution is -0.140. The lowest BCUT2D eigenvalue weighted by Crippen LogP contribution is -2.43. The monoisotopic (exact) mass is 554 g/mol. The third kappa shape index (κ3) is 4.51. The number of fused-ring (bicyclic) bond motifs is 4. The number of H-pyrrole nitrogens is 1. The van der Waals surface area contributed by atoms with Crippen molar-refractivity contribution in [3.05, 3.63) is 88.4 Å². The lowest BCUT2D eigenvalue weighted by atomic mass is 9.85. The summed E-state index contributed by atoms with van der Waals surface area (Å²) >= 11 is 0. The fourth-order valence-corrected chi connectivity index (χ4v) is 5.84. The van der Waals surface area contributed by atoms with E-state index in [1.165, 1.54) is 0 Å². The highest BCUT2D eigenvalue weighted by molar-refractivity contribution is 5.95. The molecule has 0 saturated carbocycles. The molecule has 3 heterocycles. The highest BCUT2D eigenvalue weighted by Gasteiger charge is 2.39. The highest BCUT2D eigenvalue weighted by Crippen LogP contribution is 2.42. The zero-order chi connectivity index (χ0) is 28.2. The number of ether oxygens (including phenoxy) is 3. The summed E-state index contributed by atoms with van der Waals surface area (Å²) in [6.07, 6.45) is -3.76. The summed E-state index contributed by atoms with van der Waals surface area (Å²) < 4.78 is 70.3. The number of alkyl halides is 3. The molecule has 1 aromatic heterocycles. The molecular weight excluding hydrogens is 528 g/mol. The van der Waals surface area contributed by atoms with Crippen LogP contribution in [0.5, 0.6) is 17.2 Å². The van der Waals surface area contributed by atoms with Crippen LogP contribution in [-0.2, 0) is 19.0 Å². The van der Waals surface area contributed by atoms with Gasteiger partial charge in [0.15, 0.2) is 11.5 Å². The molecule has 2 aliphatic rings. The van der Waals surface area contributed by atoms with E-state index in [0.717, 1.165) is 33.8 Å². The second kappa shape index (κ2) is 9.76. The Labute approximate surface area is 227 Å². The van der Waals surface area contributed by atoms with Crippen molar-refractivity contribution in [2.75, 3.05) is 20.4 Å². The molecule has 2 unspecified atom stereocenters. The van der Waals surface area contributed by atoms with E-state index in [0.29, 0.717) is 48.8 Å². The van der Waals surface area contributed by atoms with Gasteiger partial charge < -0.3 is 24.1 Å². The van der Waals surface area contributed by atoms with E-state index in [2.05, 4.69) is 4.98 Å². The fraction of sp³-hybridized carbons (Fsp3) is 0.300. The molecule has 1 amide bonds. The van der Waals surface area contributed by atoms with Crippen LogP contribution in [0.15, 0.2) is 54.6 Å². The molecule has 0 fully saturated rings. The number of amides is 1. The maximum atomic E-state index is 14.4. The Bertz CT molecular complexity index is 1610. The van der Waals surface area contributed by atoms with Gasteiger partial charge >= 0.3 is 6.18 Å². The first kappa shape index (κ1) is 26.0. The zero-order valence-electron chi connectivity index (χ0n) is 21.8. The number of nitrogens with zero attached hydrogens (tertiary/aromatic N) is 1. The van der Waals surface area contributed by atoms with E-state index in [1.54, 1.807) is 12.0 Å². The summed E-state index contributed by atoms with van der Waals surface area (Å²) in [4.78, 5) is 18.9. The van der Waals surface area contributed by atoms with Crippen molar-refractivity contribution in [1.82, 2.24) is 9.88 Å². The number of aromatic nitrogens is 1. The summed E-state index contributed by atoms with van der Waals surface area (Å²) in [5, 5.41) is 0.988. The topological polar surface area (TPSA) is 63.8 Å². The van der Waals surface area contributed by atoms with E-state index < -0.39 is 29.5 Å². The number of hydrogen-bond acceptors (Lipinski definition) is 4.